The number of nitrogens with two attached hydrogens (primary N) is 1. The predicted octanol–water partition coefficient (Wildman–Crippen LogP) is 0.647. The van der Waals surface area contributed by atoms with Crippen LogP contribution in [0.4, 0.5) is 5.69 Å². The number of nitrogen functional groups attached to an aromatic ring is 1. The summed E-state index contributed by atoms with van der Waals surface area (Å²) in [7, 11) is 0. The van der Waals surface area contributed by atoms with Crippen LogP contribution in [0.5, 0.6) is 0 Å². The molecule has 0 fully saturated rings. The Labute approximate surface area is 82.0 Å². The third-order valence-electron chi connectivity index (χ3n) is 1.94. The second kappa shape index (κ2) is 4.62. The van der Waals surface area contributed by atoms with E-state index in [4.69, 9.17) is 15.9 Å². The molecule has 0 aliphatic heterocycles. The van der Waals surface area contributed by atoms with Crippen LogP contribution in [0.15, 0.2) is 24.3 Å². The van der Waals surface area contributed by atoms with E-state index in [1.165, 1.54) is 0 Å². The molecule has 4 N–H and O–H groups in total. The topological polar surface area (TPSA) is 83.5 Å². The highest BCUT2D eigenvalue weighted by molar-refractivity contribution is 5.71. The number of aliphatic carboxylic acids is 1. The average molecular weight is 195 g/mol. The van der Waals surface area contributed by atoms with E-state index >= 15 is 0 Å². The molecule has 0 aliphatic rings. The van der Waals surface area contributed by atoms with Gasteiger partial charge < -0.3 is 15.9 Å². The van der Waals surface area contributed by atoms with Gasteiger partial charge in [-0.1, -0.05) is 12.1 Å². The summed E-state index contributed by atoms with van der Waals surface area (Å²) >= 11 is 0. The van der Waals surface area contributed by atoms with Crippen molar-refractivity contribution in [2.45, 2.75) is 18.9 Å². The van der Waals surface area contributed by atoms with E-state index in [0.717, 1.165) is 5.56 Å². The van der Waals surface area contributed by atoms with Crippen molar-refractivity contribution in [2.24, 2.45) is 0 Å². The smallest absolute Gasteiger partial charge is 0.332 e. The number of aliphatic hydroxyl groups excluding tert-OH is 1. The third-order valence-corrected chi connectivity index (χ3v) is 1.94. The highest BCUT2D eigenvalue weighted by Gasteiger charge is 2.12. The minimum atomic E-state index is -1.29. The molecule has 0 spiro atoms. The number of aryl methyl sites for hydroxylation is 1. The zero-order valence-corrected chi connectivity index (χ0v) is 7.68. The first-order valence-electron chi connectivity index (χ1n) is 4.35. The molecule has 0 saturated heterocycles. The molecule has 76 valence electrons. The minimum absolute atomic E-state index is 0.207. The molecule has 0 aromatic heterocycles. The molecule has 0 bridgehead atoms. The molecule has 0 saturated carbocycles. The van der Waals surface area contributed by atoms with Gasteiger partial charge in [0.15, 0.2) is 6.10 Å². The standard InChI is InChI=1S/C10H13NO3/c11-8-3-1-2-7(6-8)4-5-9(12)10(13)14/h1-3,6,9,12H,4-5,11H2,(H,13,14). The number of rotatable bonds is 4. The monoisotopic (exact) mass is 195 g/mol. The van der Waals surface area contributed by atoms with E-state index in [-0.39, 0.29) is 6.42 Å². The second-order valence-corrected chi connectivity index (χ2v) is 3.14. The van der Waals surface area contributed by atoms with Crippen LogP contribution in [0.25, 0.3) is 0 Å². The molecule has 0 aliphatic carbocycles. The Hall–Kier alpha value is -1.55. The summed E-state index contributed by atoms with van der Waals surface area (Å²) in [4.78, 5) is 10.3. The Morgan fingerprint density at radius 1 is 1.50 bits per heavy atom. The van der Waals surface area contributed by atoms with Crippen molar-refractivity contribution in [1.82, 2.24) is 0 Å². The van der Waals surface area contributed by atoms with E-state index < -0.39 is 12.1 Å². The maximum atomic E-state index is 10.3. The summed E-state index contributed by atoms with van der Waals surface area (Å²) in [6, 6.07) is 7.19. The average Bonchev–Trinajstić information content (AvgIpc) is 2.14. The molecule has 0 heterocycles. The largest absolute Gasteiger partial charge is 0.479 e. The van der Waals surface area contributed by atoms with Gasteiger partial charge in [-0.25, -0.2) is 4.79 Å². The highest BCUT2D eigenvalue weighted by atomic mass is 16.4. The van der Waals surface area contributed by atoms with Crippen molar-refractivity contribution in [3.05, 3.63) is 29.8 Å². The van der Waals surface area contributed by atoms with Crippen LogP contribution in [0.3, 0.4) is 0 Å². The van der Waals surface area contributed by atoms with Gasteiger partial charge in [-0.2, -0.15) is 0 Å². The lowest BCUT2D eigenvalue weighted by molar-refractivity contribution is -0.146. The number of carboxylic acid groups (broad SMARTS) is 1. The number of hydrogen-bond acceptors (Lipinski definition) is 3. The van der Waals surface area contributed by atoms with Gasteiger partial charge >= 0.3 is 5.97 Å². The third kappa shape index (κ3) is 3.06. The quantitative estimate of drug-likeness (QED) is 0.616. The van der Waals surface area contributed by atoms with E-state index in [1.807, 2.05) is 6.07 Å². The summed E-state index contributed by atoms with van der Waals surface area (Å²) in [6.07, 6.45) is -0.575. The minimum Gasteiger partial charge on any atom is -0.479 e. The number of anilines is 1. The van der Waals surface area contributed by atoms with Crippen LogP contribution in [-0.4, -0.2) is 22.3 Å². The molecule has 1 aromatic rings. The second-order valence-electron chi connectivity index (χ2n) is 3.14. The number of carbonyl (C=O) groups is 1. The lowest BCUT2D eigenvalue weighted by atomic mass is 10.1. The first kappa shape index (κ1) is 10.5. The fourth-order valence-electron chi connectivity index (χ4n) is 1.18. The molecule has 4 nitrogen and oxygen atoms in total. The van der Waals surface area contributed by atoms with Crippen molar-refractivity contribution in [3.8, 4) is 0 Å². The molecule has 1 unspecified atom stereocenters. The van der Waals surface area contributed by atoms with Gasteiger partial charge in [0.2, 0.25) is 0 Å². The zero-order chi connectivity index (χ0) is 10.6. The van der Waals surface area contributed by atoms with Crippen LogP contribution in [0, 0.1) is 0 Å². The normalized spacial score (nSPS) is 12.4. The first-order valence-corrected chi connectivity index (χ1v) is 4.35. The van der Waals surface area contributed by atoms with Crippen molar-refractivity contribution in [2.75, 3.05) is 5.73 Å². The van der Waals surface area contributed by atoms with E-state index in [1.54, 1.807) is 18.2 Å². The first-order chi connectivity index (χ1) is 6.59. The molecule has 4 heteroatoms. The van der Waals surface area contributed by atoms with Gasteiger partial charge in [0.1, 0.15) is 0 Å². The zero-order valence-electron chi connectivity index (χ0n) is 7.68. The van der Waals surface area contributed by atoms with Crippen LogP contribution < -0.4 is 5.73 Å². The molecule has 0 amide bonds. The highest BCUT2D eigenvalue weighted by Crippen LogP contribution is 2.09. The fourth-order valence-corrected chi connectivity index (χ4v) is 1.18. The maximum absolute atomic E-state index is 10.3. The van der Waals surface area contributed by atoms with Crippen molar-refractivity contribution >= 4 is 11.7 Å². The summed E-state index contributed by atoms with van der Waals surface area (Å²) in [5.41, 5.74) is 7.13. The Balaban J connectivity index is 2.49. The van der Waals surface area contributed by atoms with E-state index in [2.05, 4.69) is 0 Å². The Morgan fingerprint density at radius 3 is 2.79 bits per heavy atom. The number of carboxylic acids is 1. The lowest BCUT2D eigenvalue weighted by Gasteiger charge is -2.05. The predicted molar refractivity (Wildman–Crippen MR) is 52.8 cm³/mol. The molecule has 1 aromatic carbocycles. The summed E-state index contributed by atoms with van der Waals surface area (Å²) in [5, 5.41) is 17.5. The summed E-state index contributed by atoms with van der Waals surface area (Å²) in [5.74, 6) is -1.19. The van der Waals surface area contributed by atoms with Gasteiger partial charge in [-0.15, -0.1) is 0 Å². The van der Waals surface area contributed by atoms with Gasteiger partial charge in [0.05, 0.1) is 0 Å². The number of benzene rings is 1. The van der Waals surface area contributed by atoms with E-state index in [0.29, 0.717) is 12.1 Å². The molecule has 1 atom stereocenters. The molecular formula is C10H13NO3. The molecule has 14 heavy (non-hydrogen) atoms. The Kier molecular flexibility index (Phi) is 3.48. The maximum Gasteiger partial charge on any atom is 0.332 e. The lowest BCUT2D eigenvalue weighted by Crippen LogP contribution is -2.19. The molecular weight excluding hydrogens is 182 g/mol. The number of hydrogen-bond donors (Lipinski definition) is 3. The Bertz CT molecular complexity index is 325. The Morgan fingerprint density at radius 2 is 2.21 bits per heavy atom. The van der Waals surface area contributed by atoms with Gasteiger partial charge in [0, 0.05) is 5.69 Å². The molecule has 1 rings (SSSR count). The van der Waals surface area contributed by atoms with Gasteiger partial charge in [-0.05, 0) is 30.5 Å². The van der Waals surface area contributed by atoms with Crippen molar-refractivity contribution < 1.29 is 15.0 Å². The van der Waals surface area contributed by atoms with Crippen LogP contribution in [0.2, 0.25) is 0 Å². The SMILES string of the molecule is Nc1cccc(CCC(O)C(=O)O)c1. The molecule has 0 radical (unpaired) electrons. The van der Waals surface area contributed by atoms with Crippen molar-refractivity contribution in [1.29, 1.82) is 0 Å². The fraction of sp³-hybridized carbons (Fsp3) is 0.300. The van der Waals surface area contributed by atoms with Crippen LogP contribution in [0.1, 0.15) is 12.0 Å². The van der Waals surface area contributed by atoms with Crippen LogP contribution >= 0.6 is 0 Å². The van der Waals surface area contributed by atoms with E-state index in [9.17, 15) is 4.79 Å². The summed E-state index contributed by atoms with van der Waals surface area (Å²) < 4.78 is 0. The van der Waals surface area contributed by atoms with Crippen molar-refractivity contribution in [3.63, 3.8) is 0 Å². The summed E-state index contributed by atoms with van der Waals surface area (Å²) in [6.45, 7) is 0. The van der Waals surface area contributed by atoms with Crippen LogP contribution in [-0.2, 0) is 11.2 Å². The van der Waals surface area contributed by atoms with Gasteiger partial charge in [-0.3, -0.25) is 0 Å². The number of aliphatic hydroxyl groups is 1. The van der Waals surface area contributed by atoms with Gasteiger partial charge in [0.25, 0.3) is 0 Å².